The Bertz CT molecular complexity index is 1190. The first-order valence-electron chi connectivity index (χ1n) is 10.1. The second-order valence-electron chi connectivity index (χ2n) is 7.57. The third-order valence-corrected chi connectivity index (χ3v) is 5.04. The fourth-order valence-corrected chi connectivity index (χ4v) is 3.68. The molecule has 3 aromatic rings. The van der Waals surface area contributed by atoms with Crippen molar-refractivity contribution in [2.45, 2.75) is 26.0 Å². The van der Waals surface area contributed by atoms with Crippen LogP contribution in [0.25, 0.3) is 5.76 Å². The van der Waals surface area contributed by atoms with Gasteiger partial charge in [-0.05, 0) is 56.3 Å². The van der Waals surface area contributed by atoms with Crippen LogP contribution in [0.1, 0.15) is 31.0 Å². The third-order valence-electron chi connectivity index (χ3n) is 5.04. The Morgan fingerprint density at radius 1 is 1.03 bits per heavy atom. The number of Topliss-reactive ketones (excluding diaryl/α,β-unsaturated/α-hetero) is 1. The van der Waals surface area contributed by atoms with Crippen LogP contribution >= 0.6 is 0 Å². The van der Waals surface area contributed by atoms with E-state index in [1.165, 1.54) is 24.4 Å². The Labute approximate surface area is 184 Å². The number of nitrogens with zero attached hydrogens (tertiary/aromatic N) is 2. The summed E-state index contributed by atoms with van der Waals surface area (Å²) in [5.41, 5.74) is 0.184. The number of pyridine rings is 1. The summed E-state index contributed by atoms with van der Waals surface area (Å²) < 4.78 is 20.4. The molecule has 6 nitrogen and oxygen atoms in total. The first kappa shape index (κ1) is 21.2. The number of halogens is 1. The van der Waals surface area contributed by atoms with Crippen molar-refractivity contribution >= 4 is 23.3 Å². The molecule has 1 atom stereocenters. The van der Waals surface area contributed by atoms with E-state index in [-0.39, 0.29) is 23.1 Å². The molecule has 1 unspecified atom stereocenters. The van der Waals surface area contributed by atoms with E-state index in [4.69, 9.17) is 4.74 Å². The fourth-order valence-electron chi connectivity index (χ4n) is 3.68. The molecule has 0 radical (unpaired) electrons. The average molecular weight is 432 g/mol. The van der Waals surface area contributed by atoms with Gasteiger partial charge in [0, 0.05) is 17.3 Å². The molecule has 4 rings (SSSR count). The maximum Gasteiger partial charge on any atom is 0.301 e. The fraction of sp³-hybridized carbons (Fsp3) is 0.160. The van der Waals surface area contributed by atoms with Crippen molar-refractivity contribution in [3.63, 3.8) is 0 Å². The number of ketones is 1. The second-order valence-corrected chi connectivity index (χ2v) is 7.57. The smallest absolute Gasteiger partial charge is 0.301 e. The molecule has 0 aliphatic carbocycles. The lowest BCUT2D eigenvalue weighted by atomic mass is 9.95. The van der Waals surface area contributed by atoms with Gasteiger partial charge in [-0.3, -0.25) is 14.5 Å². The van der Waals surface area contributed by atoms with Gasteiger partial charge in [0.2, 0.25) is 0 Å². The van der Waals surface area contributed by atoms with Gasteiger partial charge in [-0.2, -0.15) is 0 Å². The Morgan fingerprint density at radius 2 is 1.72 bits per heavy atom. The van der Waals surface area contributed by atoms with Gasteiger partial charge >= 0.3 is 5.91 Å². The van der Waals surface area contributed by atoms with Gasteiger partial charge in [-0.1, -0.05) is 24.3 Å². The predicted octanol–water partition coefficient (Wildman–Crippen LogP) is 4.63. The Morgan fingerprint density at radius 3 is 2.34 bits per heavy atom. The zero-order chi connectivity index (χ0) is 22.8. The van der Waals surface area contributed by atoms with Crippen molar-refractivity contribution in [3.8, 4) is 5.75 Å². The van der Waals surface area contributed by atoms with Gasteiger partial charge in [0.15, 0.2) is 0 Å². The van der Waals surface area contributed by atoms with Crippen molar-refractivity contribution in [1.29, 1.82) is 0 Å². The van der Waals surface area contributed by atoms with Crippen LogP contribution in [0.15, 0.2) is 78.5 Å². The van der Waals surface area contributed by atoms with Crippen LogP contribution in [0.4, 0.5) is 10.2 Å². The zero-order valence-electron chi connectivity index (χ0n) is 17.5. The van der Waals surface area contributed by atoms with Gasteiger partial charge in [-0.25, -0.2) is 9.37 Å². The van der Waals surface area contributed by atoms with Gasteiger partial charge in [0.25, 0.3) is 5.78 Å². The Balaban J connectivity index is 1.88. The molecule has 0 bridgehead atoms. The number of anilines is 1. The van der Waals surface area contributed by atoms with Crippen LogP contribution in [0, 0.1) is 5.82 Å². The zero-order valence-corrected chi connectivity index (χ0v) is 17.5. The molecule has 7 heteroatoms. The van der Waals surface area contributed by atoms with Crippen LogP contribution < -0.4 is 9.64 Å². The maximum atomic E-state index is 14.8. The molecule has 1 aliphatic rings. The molecule has 162 valence electrons. The Hall–Kier alpha value is -4.00. The number of aromatic nitrogens is 1. The van der Waals surface area contributed by atoms with Gasteiger partial charge in [0.05, 0.1) is 17.7 Å². The van der Waals surface area contributed by atoms with E-state index in [2.05, 4.69) is 4.98 Å². The highest BCUT2D eigenvalue weighted by Crippen LogP contribution is 2.42. The molecule has 1 N–H and O–H groups in total. The number of ether oxygens (including phenoxy) is 1. The standard InChI is InChI=1S/C25H21FN2O4/c1-15(2)32-17-12-10-16(11-13-17)23(29)21-22(18-7-3-4-8-19(18)26)28(25(31)24(21)30)20-9-5-6-14-27-20/h3-15,22,29H,1-2H3/b23-21+. The normalized spacial score (nSPS) is 17.8. The van der Waals surface area contributed by atoms with Crippen molar-refractivity contribution in [2.24, 2.45) is 0 Å². The molecule has 1 aliphatic heterocycles. The highest BCUT2D eigenvalue weighted by atomic mass is 19.1. The average Bonchev–Trinajstić information content (AvgIpc) is 3.05. The van der Waals surface area contributed by atoms with E-state index in [9.17, 15) is 19.1 Å². The van der Waals surface area contributed by atoms with E-state index >= 15 is 0 Å². The summed E-state index contributed by atoms with van der Waals surface area (Å²) >= 11 is 0. The highest BCUT2D eigenvalue weighted by Gasteiger charge is 2.48. The number of aliphatic hydroxyl groups excluding tert-OH is 1. The topological polar surface area (TPSA) is 79.7 Å². The SMILES string of the molecule is CC(C)Oc1ccc(/C(O)=C2\C(=O)C(=O)N(c3ccccn3)C2c2ccccc2F)cc1. The van der Waals surface area contributed by atoms with E-state index < -0.39 is 29.3 Å². The molecule has 32 heavy (non-hydrogen) atoms. The number of carbonyl (C=O) groups is 2. The molecule has 1 fully saturated rings. The number of hydrogen-bond donors (Lipinski definition) is 1. The van der Waals surface area contributed by atoms with E-state index in [0.717, 1.165) is 4.90 Å². The summed E-state index contributed by atoms with van der Waals surface area (Å²) in [5, 5.41) is 11.1. The molecule has 1 saturated heterocycles. The first-order chi connectivity index (χ1) is 15.4. The number of aliphatic hydroxyl groups is 1. The molecule has 1 amide bonds. The predicted molar refractivity (Wildman–Crippen MR) is 118 cm³/mol. The maximum absolute atomic E-state index is 14.8. The monoisotopic (exact) mass is 432 g/mol. The third kappa shape index (κ3) is 3.85. The van der Waals surface area contributed by atoms with Gasteiger partial charge in [0.1, 0.15) is 23.1 Å². The van der Waals surface area contributed by atoms with Crippen molar-refractivity contribution in [1.82, 2.24) is 4.98 Å². The lowest BCUT2D eigenvalue weighted by molar-refractivity contribution is -0.132. The molecule has 0 saturated carbocycles. The first-order valence-corrected chi connectivity index (χ1v) is 10.1. The molecule has 2 aromatic carbocycles. The summed E-state index contributed by atoms with van der Waals surface area (Å²) in [5.74, 6) is -2.03. The van der Waals surface area contributed by atoms with Gasteiger partial charge in [-0.15, -0.1) is 0 Å². The summed E-state index contributed by atoms with van der Waals surface area (Å²) in [6.45, 7) is 3.78. The van der Waals surface area contributed by atoms with Crippen LogP contribution in [0.2, 0.25) is 0 Å². The van der Waals surface area contributed by atoms with Crippen molar-refractivity contribution in [3.05, 3.63) is 95.4 Å². The minimum atomic E-state index is -1.17. The van der Waals surface area contributed by atoms with Crippen LogP contribution in [0.5, 0.6) is 5.75 Å². The number of amides is 1. The summed E-state index contributed by atoms with van der Waals surface area (Å²) in [6.07, 6.45) is 1.44. The lowest BCUT2D eigenvalue weighted by Crippen LogP contribution is -2.30. The number of hydrogen-bond acceptors (Lipinski definition) is 5. The molecular formula is C25H21FN2O4. The Kier molecular flexibility index (Phi) is 5.73. The lowest BCUT2D eigenvalue weighted by Gasteiger charge is -2.24. The van der Waals surface area contributed by atoms with E-state index in [0.29, 0.717) is 11.3 Å². The minimum absolute atomic E-state index is 0.0285. The largest absolute Gasteiger partial charge is 0.507 e. The summed E-state index contributed by atoms with van der Waals surface area (Å²) in [6, 6.07) is 16.0. The van der Waals surface area contributed by atoms with Gasteiger partial charge < -0.3 is 9.84 Å². The quantitative estimate of drug-likeness (QED) is 0.361. The van der Waals surface area contributed by atoms with Crippen LogP contribution in [-0.4, -0.2) is 27.9 Å². The molecule has 1 aromatic heterocycles. The van der Waals surface area contributed by atoms with Crippen LogP contribution in [-0.2, 0) is 9.59 Å². The second kappa shape index (κ2) is 8.63. The van der Waals surface area contributed by atoms with E-state index in [1.54, 1.807) is 48.5 Å². The number of carbonyl (C=O) groups excluding carboxylic acids is 2. The highest BCUT2D eigenvalue weighted by molar-refractivity contribution is 6.51. The number of rotatable bonds is 5. The molecule has 0 spiro atoms. The van der Waals surface area contributed by atoms with Crippen LogP contribution in [0.3, 0.4) is 0 Å². The summed E-state index contributed by atoms with van der Waals surface area (Å²) in [7, 11) is 0. The minimum Gasteiger partial charge on any atom is -0.507 e. The number of benzene rings is 2. The molecule has 2 heterocycles. The van der Waals surface area contributed by atoms with Crippen molar-refractivity contribution in [2.75, 3.05) is 4.90 Å². The molecular weight excluding hydrogens is 411 g/mol. The van der Waals surface area contributed by atoms with E-state index in [1.807, 2.05) is 13.8 Å². The van der Waals surface area contributed by atoms with Crippen molar-refractivity contribution < 1.29 is 23.8 Å². The summed E-state index contributed by atoms with van der Waals surface area (Å²) in [4.78, 5) is 31.3.